The molecule has 0 radical (unpaired) electrons. The zero-order valence-electron chi connectivity index (χ0n) is 22.3. The molecular formula is C30H44O5. The summed E-state index contributed by atoms with van der Waals surface area (Å²) in [6.07, 6.45) is 10.9. The van der Waals surface area contributed by atoms with E-state index in [0.717, 1.165) is 51.4 Å². The van der Waals surface area contributed by atoms with Crippen LogP contribution in [0.1, 0.15) is 98.8 Å². The van der Waals surface area contributed by atoms with Gasteiger partial charge in [0.05, 0.1) is 5.92 Å². The lowest BCUT2D eigenvalue weighted by molar-refractivity contribution is -0.181. The average molecular weight is 485 g/mol. The van der Waals surface area contributed by atoms with E-state index in [1.165, 1.54) is 5.57 Å². The lowest BCUT2D eigenvalue weighted by Gasteiger charge is -2.65. The molecule has 0 saturated heterocycles. The first-order chi connectivity index (χ1) is 16.4. The number of allylic oxidation sites excluding steroid dienone is 2. The third-order valence-electron chi connectivity index (χ3n) is 11.9. The molecule has 194 valence electrons. The third-order valence-corrected chi connectivity index (χ3v) is 11.9. The zero-order valence-corrected chi connectivity index (χ0v) is 22.3. The van der Waals surface area contributed by atoms with E-state index in [2.05, 4.69) is 27.7 Å². The molecule has 4 fully saturated rings. The lowest BCUT2D eigenvalue weighted by atomic mass is 9.38. The molecule has 0 aliphatic heterocycles. The minimum absolute atomic E-state index is 0.00371. The van der Waals surface area contributed by atoms with E-state index in [1.807, 2.05) is 13.0 Å². The van der Waals surface area contributed by atoms with Crippen LogP contribution < -0.4 is 0 Å². The molecule has 5 aliphatic carbocycles. The van der Waals surface area contributed by atoms with Gasteiger partial charge in [-0.3, -0.25) is 14.4 Å². The van der Waals surface area contributed by atoms with Crippen LogP contribution in [0.5, 0.6) is 0 Å². The van der Waals surface area contributed by atoms with Gasteiger partial charge >= 0.3 is 11.9 Å². The summed E-state index contributed by atoms with van der Waals surface area (Å²) in [5.41, 5.74) is 1.25. The molecule has 0 amide bonds. The monoisotopic (exact) mass is 484 g/mol. The van der Waals surface area contributed by atoms with Gasteiger partial charge in [0.25, 0.3) is 0 Å². The summed E-state index contributed by atoms with van der Waals surface area (Å²) in [6.45, 7) is 11.1. The van der Waals surface area contributed by atoms with E-state index >= 15 is 0 Å². The Morgan fingerprint density at radius 2 is 1.69 bits per heavy atom. The summed E-state index contributed by atoms with van der Waals surface area (Å²) in [4.78, 5) is 38.0. The average Bonchev–Trinajstić information content (AvgIpc) is 2.79. The number of aliphatic carboxylic acids is 1. The highest BCUT2D eigenvalue weighted by atomic mass is 16.5. The Hall–Kier alpha value is -1.65. The van der Waals surface area contributed by atoms with Gasteiger partial charge in [-0.2, -0.15) is 0 Å². The minimum Gasteiger partial charge on any atom is -0.481 e. The van der Waals surface area contributed by atoms with Crippen molar-refractivity contribution in [2.75, 3.05) is 0 Å². The van der Waals surface area contributed by atoms with Crippen molar-refractivity contribution < 1.29 is 24.2 Å². The van der Waals surface area contributed by atoms with Crippen molar-refractivity contribution in [1.82, 2.24) is 0 Å². The molecule has 4 saturated carbocycles. The molecule has 35 heavy (non-hydrogen) atoms. The molecule has 10 atom stereocenters. The first-order valence-electron chi connectivity index (χ1n) is 14.1. The molecule has 10 unspecified atom stereocenters. The second-order valence-corrected chi connectivity index (χ2v) is 13.5. The van der Waals surface area contributed by atoms with Crippen LogP contribution in [-0.2, 0) is 19.1 Å². The number of carbonyl (C=O) groups excluding carboxylic acids is 2. The number of esters is 1. The molecule has 5 rings (SSSR count). The summed E-state index contributed by atoms with van der Waals surface area (Å²) in [7, 11) is 0. The molecular weight excluding hydrogens is 440 g/mol. The molecule has 5 heteroatoms. The van der Waals surface area contributed by atoms with Gasteiger partial charge in [-0.25, -0.2) is 0 Å². The summed E-state index contributed by atoms with van der Waals surface area (Å²) >= 11 is 0. The van der Waals surface area contributed by atoms with Crippen LogP contribution in [-0.4, -0.2) is 28.9 Å². The number of ketones is 1. The Morgan fingerprint density at radius 1 is 1.00 bits per heavy atom. The summed E-state index contributed by atoms with van der Waals surface area (Å²) < 4.78 is 5.84. The standard InChI is InChI=1S/C30H44O5/c1-6-25(32)35-24-10-14-29(4)20(17(24)2)9-13-30(5)21-8-12-28(3)11-7-18(27(33)34)15-22(28)19(21)16-23(31)26(29)30/h16-18,20-22,24,26H,6-15H2,1-5H3,(H,33,34). The number of hydrogen-bond donors (Lipinski definition) is 1. The molecule has 0 bridgehead atoms. The second-order valence-electron chi connectivity index (χ2n) is 13.5. The van der Waals surface area contributed by atoms with Gasteiger partial charge in [-0.05, 0) is 104 Å². The van der Waals surface area contributed by atoms with E-state index in [0.29, 0.717) is 24.7 Å². The molecule has 5 aliphatic rings. The van der Waals surface area contributed by atoms with Gasteiger partial charge < -0.3 is 9.84 Å². The first kappa shape index (κ1) is 25.0. The maximum atomic E-state index is 14.1. The summed E-state index contributed by atoms with van der Waals surface area (Å²) in [6, 6.07) is 0. The van der Waals surface area contributed by atoms with Crippen LogP contribution in [0, 0.1) is 51.8 Å². The highest BCUT2D eigenvalue weighted by Crippen LogP contribution is 2.69. The van der Waals surface area contributed by atoms with Gasteiger partial charge in [0, 0.05) is 12.3 Å². The molecule has 0 aromatic heterocycles. The number of hydrogen-bond acceptors (Lipinski definition) is 4. The van der Waals surface area contributed by atoms with Crippen molar-refractivity contribution in [3.05, 3.63) is 11.6 Å². The van der Waals surface area contributed by atoms with E-state index in [9.17, 15) is 19.5 Å². The number of fused-ring (bicyclic) bond motifs is 7. The fourth-order valence-electron chi connectivity index (χ4n) is 9.99. The maximum Gasteiger partial charge on any atom is 0.306 e. The molecule has 0 aromatic carbocycles. The van der Waals surface area contributed by atoms with Crippen LogP contribution >= 0.6 is 0 Å². The number of carbonyl (C=O) groups is 3. The number of ether oxygens (including phenoxy) is 1. The maximum absolute atomic E-state index is 14.1. The Kier molecular flexibility index (Phi) is 6.04. The summed E-state index contributed by atoms with van der Waals surface area (Å²) in [5, 5.41) is 9.76. The van der Waals surface area contributed by atoms with Crippen LogP contribution in [0.25, 0.3) is 0 Å². The number of carboxylic acid groups (broad SMARTS) is 1. The molecule has 0 aromatic rings. The highest BCUT2D eigenvalue weighted by molar-refractivity contribution is 5.95. The fraction of sp³-hybridized carbons (Fsp3) is 0.833. The van der Waals surface area contributed by atoms with Crippen molar-refractivity contribution in [2.24, 2.45) is 51.8 Å². The minimum atomic E-state index is -0.677. The number of rotatable bonds is 3. The van der Waals surface area contributed by atoms with Crippen LogP contribution in [0.4, 0.5) is 0 Å². The molecule has 0 spiro atoms. The van der Waals surface area contributed by atoms with Crippen molar-refractivity contribution in [1.29, 1.82) is 0 Å². The second kappa shape index (κ2) is 8.45. The molecule has 1 N–H and O–H groups in total. The van der Waals surface area contributed by atoms with Crippen molar-refractivity contribution in [2.45, 2.75) is 105 Å². The smallest absolute Gasteiger partial charge is 0.306 e. The van der Waals surface area contributed by atoms with Crippen LogP contribution in [0.3, 0.4) is 0 Å². The molecule has 0 heterocycles. The topological polar surface area (TPSA) is 80.7 Å². The zero-order chi connectivity index (χ0) is 25.3. The van der Waals surface area contributed by atoms with E-state index in [1.54, 1.807) is 0 Å². The Bertz CT molecular complexity index is 952. The van der Waals surface area contributed by atoms with Crippen molar-refractivity contribution >= 4 is 17.7 Å². The summed E-state index contributed by atoms with van der Waals surface area (Å²) in [5.74, 6) is 0.418. The van der Waals surface area contributed by atoms with Crippen molar-refractivity contribution in [3.8, 4) is 0 Å². The predicted octanol–water partition coefficient (Wildman–Crippen LogP) is 6.20. The largest absolute Gasteiger partial charge is 0.481 e. The Morgan fingerprint density at radius 3 is 2.37 bits per heavy atom. The quantitative estimate of drug-likeness (QED) is 0.482. The van der Waals surface area contributed by atoms with Crippen LogP contribution in [0.2, 0.25) is 0 Å². The normalized spacial score (nSPS) is 49.0. The van der Waals surface area contributed by atoms with Gasteiger partial charge in [0.1, 0.15) is 6.10 Å². The SMILES string of the molecule is CCC(=O)OC1CCC2(C)C(CCC3(C)C4CCC5(C)CCC(C(=O)O)CC5C4=CC(=O)C32)C1C. The highest BCUT2D eigenvalue weighted by Gasteiger charge is 2.65. The Balaban J connectivity index is 1.48. The van der Waals surface area contributed by atoms with E-state index in [-0.39, 0.29) is 57.8 Å². The van der Waals surface area contributed by atoms with Gasteiger partial charge in [-0.1, -0.05) is 40.2 Å². The van der Waals surface area contributed by atoms with Gasteiger partial charge in [-0.15, -0.1) is 0 Å². The van der Waals surface area contributed by atoms with Crippen molar-refractivity contribution in [3.63, 3.8) is 0 Å². The fourth-order valence-corrected chi connectivity index (χ4v) is 9.99. The third kappa shape index (κ3) is 3.65. The predicted molar refractivity (Wildman–Crippen MR) is 133 cm³/mol. The first-order valence-corrected chi connectivity index (χ1v) is 14.1. The molecule has 5 nitrogen and oxygen atoms in total. The van der Waals surface area contributed by atoms with Gasteiger partial charge in [0.15, 0.2) is 5.78 Å². The van der Waals surface area contributed by atoms with Gasteiger partial charge in [0.2, 0.25) is 0 Å². The van der Waals surface area contributed by atoms with E-state index < -0.39 is 5.97 Å². The Labute approximate surface area is 210 Å². The van der Waals surface area contributed by atoms with E-state index in [4.69, 9.17) is 4.74 Å². The lowest BCUT2D eigenvalue weighted by Crippen LogP contribution is -2.62. The number of carboxylic acids is 1. The van der Waals surface area contributed by atoms with Crippen LogP contribution in [0.15, 0.2) is 11.6 Å².